The molecule has 1 aromatic rings. The van der Waals surface area contributed by atoms with E-state index in [9.17, 15) is 18.8 Å². The third-order valence-corrected chi connectivity index (χ3v) is 5.71. The van der Waals surface area contributed by atoms with E-state index in [1.807, 2.05) is 0 Å². The van der Waals surface area contributed by atoms with Crippen molar-refractivity contribution in [2.75, 3.05) is 6.61 Å². The lowest BCUT2D eigenvalue weighted by Gasteiger charge is -2.34. The minimum absolute atomic E-state index is 0.0871. The molecular formula is C22H31FN2O4. The molecule has 1 saturated carbocycles. The number of halogens is 1. The predicted molar refractivity (Wildman–Crippen MR) is 108 cm³/mol. The molecule has 1 fully saturated rings. The molecule has 1 aromatic carbocycles. The number of carbonyl (C=O) groups excluding carboxylic acids is 3. The van der Waals surface area contributed by atoms with Crippen molar-refractivity contribution in [3.05, 3.63) is 35.6 Å². The molecule has 29 heavy (non-hydrogen) atoms. The van der Waals surface area contributed by atoms with Crippen molar-refractivity contribution in [2.24, 2.45) is 17.8 Å². The van der Waals surface area contributed by atoms with Gasteiger partial charge in [0.2, 0.25) is 0 Å². The molecule has 2 rings (SSSR count). The van der Waals surface area contributed by atoms with Crippen LogP contribution in [-0.4, -0.2) is 36.5 Å². The van der Waals surface area contributed by atoms with Crippen LogP contribution >= 0.6 is 0 Å². The van der Waals surface area contributed by atoms with Crippen LogP contribution < -0.4 is 10.6 Å². The third-order valence-electron chi connectivity index (χ3n) is 5.71. The van der Waals surface area contributed by atoms with Gasteiger partial charge in [0.15, 0.2) is 6.61 Å². The van der Waals surface area contributed by atoms with E-state index in [0.29, 0.717) is 11.8 Å². The Morgan fingerprint density at radius 1 is 1.14 bits per heavy atom. The fraction of sp³-hybridized carbons (Fsp3) is 0.591. The van der Waals surface area contributed by atoms with Crippen molar-refractivity contribution in [1.29, 1.82) is 0 Å². The Kier molecular flexibility index (Phi) is 8.17. The highest BCUT2D eigenvalue weighted by molar-refractivity contribution is 5.97. The molecular weight excluding hydrogens is 375 g/mol. The summed E-state index contributed by atoms with van der Waals surface area (Å²) in [6.45, 7) is 7.46. The van der Waals surface area contributed by atoms with E-state index in [0.717, 1.165) is 19.3 Å². The normalized spacial score (nSPS) is 22.6. The van der Waals surface area contributed by atoms with Gasteiger partial charge in [-0.3, -0.25) is 9.59 Å². The summed E-state index contributed by atoms with van der Waals surface area (Å²) in [4.78, 5) is 37.0. The molecule has 0 heterocycles. The Bertz CT molecular complexity index is 720. The minimum atomic E-state index is -0.908. The molecule has 0 aromatic heterocycles. The summed E-state index contributed by atoms with van der Waals surface area (Å²) in [5, 5.41) is 5.56. The molecule has 0 saturated heterocycles. The molecule has 2 N–H and O–H groups in total. The van der Waals surface area contributed by atoms with Gasteiger partial charge in [0.25, 0.3) is 11.8 Å². The molecule has 0 aliphatic heterocycles. The van der Waals surface area contributed by atoms with Gasteiger partial charge in [-0.15, -0.1) is 0 Å². The molecule has 0 radical (unpaired) electrons. The number of nitrogens with one attached hydrogen (secondary N) is 2. The molecule has 160 valence electrons. The van der Waals surface area contributed by atoms with Crippen molar-refractivity contribution in [3.63, 3.8) is 0 Å². The summed E-state index contributed by atoms with van der Waals surface area (Å²) >= 11 is 0. The topological polar surface area (TPSA) is 84.5 Å². The van der Waals surface area contributed by atoms with E-state index in [2.05, 4.69) is 24.5 Å². The summed E-state index contributed by atoms with van der Waals surface area (Å²) < 4.78 is 18.2. The van der Waals surface area contributed by atoms with Crippen LogP contribution in [0.4, 0.5) is 4.39 Å². The molecule has 0 unspecified atom stereocenters. The summed E-state index contributed by atoms with van der Waals surface area (Å²) in [5.41, 5.74) is 0.239. The zero-order chi connectivity index (χ0) is 21.6. The van der Waals surface area contributed by atoms with Gasteiger partial charge < -0.3 is 15.4 Å². The number of esters is 1. The number of ether oxygens (including phenoxy) is 1. The maximum absolute atomic E-state index is 13.0. The summed E-state index contributed by atoms with van der Waals surface area (Å²) in [6.07, 6.45) is 3.15. The number of hydrogen-bond acceptors (Lipinski definition) is 4. The first-order chi connectivity index (χ1) is 13.7. The summed E-state index contributed by atoms with van der Waals surface area (Å²) in [6, 6.07) is 4.21. The van der Waals surface area contributed by atoms with Crippen LogP contribution in [0, 0.1) is 23.6 Å². The number of carbonyl (C=O) groups is 3. The lowest BCUT2D eigenvalue weighted by molar-refractivity contribution is -0.151. The zero-order valence-electron chi connectivity index (χ0n) is 17.5. The predicted octanol–water partition coefficient (Wildman–Crippen LogP) is 3.06. The number of amides is 2. The summed E-state index contributed by atoms with van der Waals surface area (Å²) in [7, 11) is 0. The van der Waals surface area contributed by atoms with E-state index >= 15 is 0 Å². The molecule has 0 bridgehead atoms. The Morgan fingerprint density at radius 3 is 2.41 bits per heavy atom. The average Bonchev–Trinajstić information content (AvgIpc) is 2.68. The van der Waals surface area contributed by atoms with E-state index in [-0.39, 0.29) is 30.0 Å². The lowest BCUT2D eigenvalue weighted by atomic mass is 9.78. The zero-order valence-corrected chi connectivity index (χ0v) is 17.5. The average molecular weight is 406 g/mol. The van der Waals surface area contributed by atoms with E-state index in [1.54, 1.807) is 13.8 Å². The monoisotopic (exact) mass is 406 g/mol. The largest absolute Gasteiger partial charge is 0.454 e. The van der Waals surface area contributed by atoms with Crippen LogP contribution in [0.5, 0.6) is 0 Å². The summed E-state index contributed by atoms with van der Waals surface area (Å²) in [5.74, 6) is -1.28. The maximum Gasteiger partial charge on any atom is 0.329 e. The van der Waals surface area contributed by atoms with Crippen molar-refractivity contribution in [2.45, 2.75) is 59.0 Å². The second kappa shape index (κ2) is 10.4. The standard InChI is InChI=1S/C22H31FN2O4/c1-13(2)20(25-21(27)16-8-10-17(23)11-9-16)22(28)29-12-19(26)24-18-7-5-6-14(3)15(18)4/h8-11,13-15,18,20H,5-7,12H2,1-4H3,(H,24,26)(H,25,27)/t14-,15+,18-,20+/m1/s1. The van der Waals surface area contributed by atoms with Crippen LogP contribution in [0.2, 0.25) is 0 Å². The smallest absolute Gasteiger partial charge is 0.329 e. The Balaban J connectivity index is 1.87. The Morgan fingerprint density at radius 2 is 1.79 bits per heavy atom. The maximum atomic E-state index is 13.0. The van der Waals surface area contributed by atoms with Gasteiger partial charge in [-0.1, -0.05) is 40.5 Å². The van der Waals surface area contributed by atoms with Crippen LogP contribution in [0.1, 0.15) is 57.3 Å². The first-order valence-electron chi connectivity index (χ1n) is 10.2. The molecule has 1 aliphatic carbocycles. The quantitative estimate of drug-likeness (QED) is 0.682. The van der Waals surface area contributed by atoms with Gasteiger partial charge in [0.05, 0.1) is 0 Å². The van der Waals surface area contributed by atoms with Crippen LogP contribution in [0.3, 0.4) is 0 Å². The fourth-order valence-electron chi connectivity index (χ4n) is 3.58. The highest BCUT2D eigenvalue weighted by Crippen LogP contribution is 2.29. The van der Waals surface area contributed by atoms with Crippen molar-refractivity contribution < 1.29 is 23.5 Å². The number of hydrogen-bond donors (Lipinski definition) is 2. The van der Waals surface area contributed by atoms with Crippen LogP contribution in [-0.2, 0) is 14.3 Å². The lowest BCUT2D eigenvalue weighted by Crippen LogP contribution is -2.48. The third kappa shape index (κ3) is 6.54. The highest BCUT2D eigenvalue weighted by Gasteiger charge is 2.30. The molecule has 0 spiro atoms. The molecule has 6 nitrogen and oxygen atoms in total. The Hall–Kier alpha value is -2.44. The van der Waals surface area contributed by atoms with Gasteiger partial charge in [-0.25, -0.2) is 9.18 Å². The molecule has 2 amide bonds. The van der Waals surface area contributed by atoms with Crippen LogP contribution in [0.25, 0.3) is 0 Å². The van der Waals surface area contributed by atoms with Gasteiger partial charge >= 0.3 is 5.97 Å². The highest BCUT2D eigenvalue weighted by atomic mass is 19.1. The Labute approximate surface area is 171 Å². The van der Waals surface area contributed by atoms with E-state index in [1.165, 1.54) is 24.3 Å². The van der Waals surface area contributed by atoms with E-state index < -0.39 is 23.7 Å². The second-order valence-corrected chi connectivity index (χ2v) is 8.25. The first-order valence-corrected chi connectivity index (χ1v) is 10.2. The first kappa shape index (κ1) is 22.8. The van der Waals surface area contributed by atoms with Crippen LogP contribution in [0.15, 0.2) is 24.3 Å². The fourth-order valence-corrected chi connectivity index (χ4v) is 3.58. The molecule has 4 atom stereocenters. The number of benzene rings is 1. The second-order valence-electron chi connectivity index (χ2n) is 8.25. The van der Waals surface area contributed by atoms with Gasteiger partial charge in [-0.05, 0) is 48.4 Å². The minimum Gasteiger partial charge on any atom is -0.454 e. The number of rotatable bonds is 7. The van der Waals surface area contributed by atoms with Crippen molar-refractivity contribution in [1.82, 2.24) is 10.6 Å². The van der Waals surface area contributed by atoms with Gasteiger partial charge in [0.1, 0.15) is 11.9 Å². The van der Waals surface area contributed by atoms with Crippen molar-refractivity contribution in [3.8, 4) is 0 Å². The van der Waals surface area contributed by atoms with E-state index in [4.69, 9.17) is 4.74 Å². The molecule has 7 heteroatoms. The van der Waals surface area contributed by atoms with Crippen molar-refractivity contribution >= 4 is 17.8 Å². The SMILES string of the molecule is CC(C)[C@H](NC(=O)c1ccc(F)cc1)C(=O)OCC(=O)N[C@@H]1CCC[C@@H](C)[C@@H]1C. The van der Waals surface area contributed by atoms with Gasteiger partial charge in [0, 0.05) is 11.6 Å². The van der Waals surface area contributed by atoms with Gasteiger partial charge in [-0.2, -0.15) is 0 Å². The molecule has 1 aliphatic rings.